The minimum absolute atomic E-state index is 0.0493. The number of carbonyl (C=O) groups excluding carboxylic acids is 1. The quantitative estimate of drug-likeness (QED) is 0.487. The van der Waals surface area contributed by atoms with Gasteiger partial charge in [-0.1, -0.05) is 31.0 Å². The Morgan fingerprint density at radius 3 is 2.34 bits per heavy atom. The Morgan fingerprint density at radius 1 is 0.971 bits per heavy atom. The molecular formula is C26H30N4O4S. The van der Waals surface area contributed by atoms with Gasteiger partial charge in [-0.15, -0.1) is 0 Å². The second kappa shape index (κ2) is 11.2. The van der Waals surface area contributed by atoms with Crippen molar-refractivity contribution < 1.29 is 17.9 Å². The molecule has 0 saturated carbocycles. The molecule has 0 unspecified atom stereocenters. The number of aromatic nitrogens is 1. The number of sulfonamides is 1. The molecule has 2 aromatic carbocycles. The van der Waals surface area contributed by atoms with E-state index in [-0.39, 0.29) is 10.8 Å². The van der Waals surface area contributed by atoms with Crippen molar-refractivity contribution in [3.63, 3.8) is 0 Å². The van der Waals surface area contributed by atoms with Crippen LogP contribution in [0.5, 0.6) is 5.75 Å². The molecule has 2 heterocycles. The van der Waals surface area contributed by atoms with Gasteiger partial charge in [-0.25, -0.2) is 13.4 Å². The Hall–Kier alpha value is -3.59. The molecule has 4 rings (SSSR count). The Balaban J connectivity index is 1.35. The Morgan fingerprint density at radius 2 is 1.69 bits per heavy atom. The molecule has 1 amide bonds. The molecule has 8 nitrogen and oxygen atoms in total. The number of methoxy groups -OCH3 is 1. The highest BCUT2D eigenvalue weighted by Gasteiger charge is 2.17. The van der Waals surface area contributed by atoms with Gasteiger partial charge in [0.25, 0.3) is 15.9 Å². The average Bonchev–Trinajstić information content (AvgIpc) is 3.17. The zero-order valence-electron chi connectivity index (χ0n) is 19.7. The lowest BCUT2D eigenvalue weighted by molar-refractivity contribution is 0.0951. The summed E-state index contributed by atoms with van der Waals surface area (Å²) in [5.41, 5.74) is 1.61. The predicted octanol–water partition coefficient (Wildman–Crippen LogP) is 4.20. The topological polar surface area (TPSA) is 101 Å². The van der Waals surface area contributed by atoms with Crippen molar-refractivity contribution >= 4 is 27.4 Å². The number of amides is 1. The van der Waals surface area contributed by atoms with Crippen LogP contribution < -0.4 is 19.7 Å². The van der Waals surface area contributed by atoms with Gasteiger partial charge in [-0.2, -0.15) is 0 Å². The van der Waals surface area contributed by atoms with E-state index in [4.69, 9.17) is 4.74 Å². The van der Waals surface area contributed by atoms with E-state index in [0.29, 0.717) is 23.5 Å². The Kier molecular flexibility index (Phi) is 7.87. The third-order valence-corrected chi connectivity index (χ3v) is 7.35. The van der Waals surface area contributed by atoms with Crippen molar-refractivity contribution in [3.8, 4) is 5.75 Å². The molecule has 1 fully saturated rings. The first kappa shape index (κ1) is 24.5. The lowest BCUT2D eigenvalue weighted by atomic mass is 10.2. The van der Waals surface area contributed by atoms with Crippen LogP contribution in [0.1, 0.15) is 41.6 Å². The zero-order valence-corrected chi connectivity index (χ0v) is 20.6. The van der Waals surface area contributed by atoms with Crippen LogP contribution in [0.4, 0.5) is 11.5 Å². The maximum Gasteiger partial charge on any atom is 0.262 e. The van der Waals surface area contributed by atoms with Crippen molar-refractivity contribution in [2.45, 2.75) is 37.1 Å². The molecule has 1 aromatic heterocycles. The van der Waals surface area contributed by atoms with Crippen molar-refractivity contribution in [3.05, 3.63) is 78.0 Å². The fraction of sp³-hybridized carbons (Fsp3) is 0.308. The minimum atomic E-state index is -3.83. The lowest BCUT2D eigenvalue weighted by Gasteiger charge is -2.21. The molecule has 35 heavy (non-hydrogen) atoms. The average molecular weight is 495 g/mol. The standard InChI is InChI=1S/C26H30N4O4S/c1-34-24-9-5-4-8-23(24)29-35(32,33)22-13-11-21(12-14-22)26(31)28-19-20-10-15-25(27-18-20)30-16-6-2-3-7-17-30/h4-5,8-15,18,29H,2-3,6-7,16-17,19H2,1H3,(H,28,31). The number of anilines is 2. The Labute approximate surface area is 206 Å². The first-order chi connectivity index (χ1) is 17.0. The number of hydrogen-bond donors (Lipinski definition) is 2. The molecule has 1 saturated heterocycles. The number of carbonyl (C=O) groups is 1. The second-order valence-corrected chi connectivity index (χ2v) is 10.1. The van der Waals surface area contributed by atoms with Crippen LogP contribution in [0, 0.1) is 0 Å². The van der Waals surface area contributed by atoms with Gasteiger partial charge in [0.15, 0.2) is 0 Å². The number of nitrogens with zero attached hydrogens (tertiary/aromatic N) is 2. The van der Waals surface area contributed by atoms with Crippen LogP contribution in [0.2, 0.25) is 0 Å². The van der Waals surface area contributed by atoms with Crippen LogP contribution in [-0.4, -0.2) is 39.5 Å². The molecule has 9 heteroatoms. The van der Waals surface area contributed by atoms with Gasteiger partial charge in [-0.05, 0) is 60.9 Å². The maximum absolute atomic E-state index is 12.7. The van der Waals surface area contributed by atoms with Gasteiger partial charge in [0.05, 0.1) is 17.7 Å². The number of pyridine rings is 1. The van der Waals surface area contributed by atoms with Crippen molar-refractivity contribution in [2.75, 3.05) is 29.8 Å². The van der Waals surface area contributed by atoms with Gasteiger partial charge in [0, 0.05) is 31.4 Å². The summed E-state index contributed by atoms with van der Waals surface area (Å²) < 4.78 is 33.2. The summed E-state index contributed by atoms with van der Waals surface area (Å²) in [5, 5.41) is 2.86. The van der Waals surface area contributed by atoms with Crippen LogP contribution in [0.15, 0.2) is 71.8 Å². The van der Waals surface area contributed by atoms with E-state index < -0.39 is 10.0 Å². The second-order valence-electron chi connectivity index (χ2n) is 8.44. The van der Waals surface area contributed by atoms with E-state index >= 15 is 0 Å². The predicted molar refractivity (Wildman–Crippen MR) is 136 cm³/mol. The number of rotatable bonds is 8. The highest BCUT2D eigenvalue weighted by molar-refractivity contribution is 7.92. The van der Waals surface area contributed by atoms with Crippen LogP contribution in [-0.2, 0) is 16.6 Å². The van der Waals surface area contributed by atoms with E-state index in [1.54, 1.807) is 30.5 Å². The molecule has 0 radical (unpaired) electrons. The smallest absolute Gasteiger partial charge is 0.262 e. The highest BCUT2D eigenvalue weighted by Crippen LogP contribution is 2.26. The molecule has 1 aliphatic heterocycles. The molecule has 0 atom stereocenters. The molecule has 3 aromatic rings. The van der Waals surface area contributed by atoms with Crippen molar-refractivity contribution in [1.82, 2.24) is 10.3 Å². The van der Waals surface area contributed by atoms with Gasteiger partial charge in [-0.3, -0.25) is 9.52 Å². The summed E-state index contributed by atoms with van der Waals surface area (Å²) in [7, 11) is -2.36. The summed E-state index contributed by atoms with van der Waals surface area (Å²) >= 11 is 0. The summed E-state index contributed by atoms with van der Waals surface area (Å²) in [4.78, 5) is 19.5. The SMILES string of the molecule is COc1ccccc1NS(=O)(=O)c1ccc(C(=O)NCc2ccc(N3CCCCCC3)nc2)cc1. The highest BCUT2D eigenvalue weighted by atomic mass is 32.2. The van der Waals surface area contributed by atoms with E-state index in [1.165, 1.54) is 57.1 Å². The fourth-order valence-corrected chi connectivity index (χ4v) is 5.08. The monoisotopic (exact) mass is 494 g/mol. The number of para-hydroxylation sites is 2. The first-order valence-corrected chi connectivity index (χ1v) is 13.2. The molecular weight excluding hydrogens is 464 g/mol. The van der Waals surface area contributed by atoms with E-state index in [1.807, 2.05) is 12.1 Å². The zero-order chi connectivity index (χ0) is 24.7. The fourth-order valence-electron chi connectivity index (χ4n) is 4.01. The van der Waals surface area contributed by atoms with Crippen molar-refractivity contribution in [2.24, 2.45) is 0 Å². The first-order valence-electron chi connectivity index (χ1n) is 11.7. The van der Waals surface area contributed by atoms with Gasteiger partial charge in [0.2, 0.25) is 0 Å². The summed E-state index contributed by atoms with van der Waals surface area (Å²) in [6.07, 6.45) is 6.71. The number of ether oxygens (including phenoxy) is 1. The molecule has 2 N–H and O–H groups in total. The van der Waals surface area contributed by atoms with E-state index in [2.05, 4.69) is 19.9 Å². The van der Waals surface area contributed by atoms with E-state index in [0.717, 1.165) is 24.5 Å². The molecule has 184 valence electrons. The van der Waals surface area contributed by atoms with Gasteiger partial charge < -0.3 is 15.0 Å². The normalized spacial score (nSPS) is 14.1. The molecule has 1 aliphatic rings. The van der Waals surface area contributed by atoms with Crippen LogP contribution >= 0.6 is 0 Å². The maximum atomic E-state index is 12.7. The van der Waals surface area contributed by atoms with Gasteiger partial charge in [0.1, 0.15) is 11.6 Å². The summed E-state index contributed by atoms with van der Waals surface area (Å²) in [5.74, 6) is 1.10. The van der Waals surface area contributed by atoms with Crippen LogP contribution in [0.25, 0.3) is 0 Å². The number of benzene rings is 2. The van der Waals surface area contributed by atoms with Gasteiger partial charge >= 0.3 is 0 Å². The Bertz CT molecular complexity index is 1240. The summed E-state index contributed by atoms with van der Waals surface area (Å²) in [6.45, 7) is 2.40. The largest absolute Gasteiger partial charge is 0.495 e. The van der Waals surface area contributed by atoms with Crippen LogP contribution in [0.3, 0.4) is 0 Å². The number of hydrogen-bond acceptors (Lipinski definition) is 6. The summed E-state index contributed by atoms with van der Waals surface area (Å²) in [6, 6.07) is 16.5. The third-order valence-electron chi connectivity index (χ3n) is 5.97. The van der Waals surface area contributed by atoms with E-state index in [9.17, 15) is 13.2 Å². The molecule has 0 spiro atoms. The number of nitrogens with one attached hydrogen (secondary N) is 2. The molecule has 0 bridgehead atoms. The molecule has 0 aliphatic carbocycles. The minimum Gasteiger partial charge on any atom is -0.495 e. The van der Waals surface area contributed by atoms with Crippen molar-refractivity contribution in [1.29, 1.82) is 0 Å². The third kappa shape index (κ3) is 6.30. The lowest BCUT2D eigenvalue weighted by Crippen LogP contribution is -2.25.